The van der Waals surface area contributed by atoms with Crippen molar-refractivity contribution in [3.63, 3.8) is 0 Å². The number of anilines is 1. The molecule has 5 rings (SSSR count). The van der Waals surface area contributed by atoms with E-state index < -0.39 is 59.6 Å². The minimum Gasteiger partial charge on any atom is -0.394 e. The maximum absolute atomic E-state index is 15.0. The summed E-state index contributed by atoms with van der Waals surface area (Å²) in [6.45, 7) is -0.402. The van der Waals surface area contributed by atoms with Gasteiger partial charge in [0.1, 0.15) is 17.0 Å². The van der Waals surface area contributed by atoms with E-state index in [0.717, 1.165) is 5.56 Å². The lowest BCUT2D eigenvalue weighted by molar-refractivity contribution is -0.123. The third-order valence-corrected chi connectivity index (χ3v) is 8.32. The number of rotatable bonds is 8. The van der Waals surface area contributed by atoms with Crippen LogP contribution in [0, 0.1) is 11.6 Å². The van der Waals surface area contributed by atoms with Crippen molar-refractivity contribution in [2.45, 2.75) is 42.4 Å². The van der Waals surface area contributed by atoms with E-state index in [4.69, 9.17) is 28.3 Å². The largest absolute Gasteiger partial charge is 0.394 e. The number of halogens is 5. The predicted molar refractivity (Wildman–Crippen MR) is 155 cm³/mol. The van der Waals surface area contributed by atoms with Gasteiger partial charge in [-0.2, -0.15) is 0 Å². The highest BCUT2D eigenvalue weighted by atomic mass is 35.5. The first-order valence-corrected chi connectivity index (χ1v) is 13.5. The van der Waals surface area contributed by atoms with Crippen molar-refractivity contribution in [3.05, 3.63) is 99.0 Å². The van der Waals surface area contributed by atoms with E-state index >= 15 is 0 Å². The second kappa shape index (κ2) is 12.6. The number of amides is 2. The lowest BCUT2D eigenvalue weighted by Gasteiger charge is -2.35. The normalized spacial score (nSPS) is 23.6. The lowest BCUT2D eigenvalue weighted by Crippen LogP contribution is -2.49. The van der Waals surface area contributed by atoms with Crippen molar-refractivity contribution in [3.8, 4) is 0 Å². The van der Waals surface area contributed by atoms with Crippen LogP contribution in [0.5, 0.6) is 0 Å². The fourth-order valence-electron chi connectivity index (χ4n) is 5.94. The number of aliphatic hydroxyl groups is 2. The molecule has 2 aliphatic rings. The Labute approximate surface area is 251 Å². The van der Waals surface area contributed by atoms with E-state index in [-0.39, 0.29) is 35.4 Å². The molecule has 2 amide bonds. The van der Waals surface area contributed by atoms with E-state index in [1.165, 1.54) is 30.3 Å². The Morgan fingerprint density at radius 2 is 1.76 bits per heavy atom. The van der Waals surface area contributed by atoms with Crippen molar-refractivity contribution in [1.29, 1.82) is 0 Å². The van der Waals surface area contributed by atoms with Gasteiger partial charge in [-0.05, 0) is 53.8 Å². The molecule has 3 aromatic carbocycles. The highest BCUT2D eigenvalue weighted by Crippen LogP contribution is 2.56. The van der Waals surface area contributed by atoms with Gasteiger partial charge in [-0.15, -0.1) is 12.4 Å². The van der Waals surface area contributed by atoms with Gasteiger partial charge in [-0.1, -0.05) is 59.6 Å². The molecule has 0 saturated carbocycles. The van der Waals surface area contributed by atoms with Crippen molar-refractivity contribution >= 4 is 53.1 Å². The van der Waals surface area contributed by atoms with Crippen molar-refractivity contribution < 1.29 is 28.6 Å². The van der Waals surface area contributed by atoms with Gasteiger partial charge in [0.15, 0.2) is 0 Å². The van der Waals surface area contributed by atoms with Gasteiger partial charge < -0.3 is 26.2 Å². The molecule has 5 atom stereocenters. The highest BCUT2D eigenvalue weighted by molar-refractivity contribution is 6.31. The van der Waals surface area contributed by atoms with Gasteiger partial charge in [0, 0.05) is 24.2 Å². The van der Waals surface area contributed by atoms with Gasteiger partial charge >= 0.3 is 0 Å². The number of benzene rings is 3. The van der Waals surface area contributed by atoms with Crippen LogP contribution in [0.15, 0.2) is 60.7 Å². The van der Waals surface area contributed by atoms with E-state index in [1.807, 2.05) is 30.3 Å². The molecule has 5 N–H and O–H groups in total. The summed E-state index contributed by atoms with van der Waals surface area (Å²) in [5.41, 5.74) is 0.414. The Balaban J connectivity index is 0.00000387. The number of carbonyl (C=O) groups excluding carboxylic acids is 2. The fourth-order valence-corrected chi connectivity index (χ4v) is 6.29. The molecule has 2 aliphatic heterocycles. The standard InChI is InChI=1S/C29H27Cl2F2N3O4.ClH/c30-19-11-16(6-7-21(19)32)25-26(27(39)34-9-8-17(38)14-37)36-24(10-15-4-2-1-3-5-15)29(25)18-12-22(33)20(31)13-23(18)35-28(29)40;/h1-7,11-13,17,24-26,36-38H,8-10,14H2,(H,34,39)(H,35,40);1H/t17-,24+,25-,26+,29-;/m0./s1. The van der Waals surface area contributed by atoms with Gasteiger partial charge in [-0.3, -0.25) is 9.59 Å². The second-order valence-electron chi connectivity index (χ2n) is 10.1. The topological polar surface area (TPSA) is 111 Å². The number of nitrogens with one attached hydrogen (secondary N) is 3. The molecule has 0 unspecified atom stereocenters. The average molecular weight is 627 g/mol. The van der Waals surface area contributed by atoms with Crippen LogP contribution in [0.2, 0.25) is 10.0 Å². The Bertz CT molecular complexity index is 1450. The van der Waals surface area contributed by atoms with Crippen LogP contribution in [0.3, 0.4) is 0 Å². The molecule has 0 bridgehead atoms. The van der Waals surface area contributed by atoms with Crippen molar-refractivity contribution in [2.24, 2.45) is 0 Å². The lowest BCUT2D eigenvalue weighted by atomic mass is 9.63. The molecule has 12 heteroatoms. The molecular weight excluding hydrogens is 599 g/mol. The third-order valence-electron chi connectivity index (χ3n) is 7.74. The van der Waals surface area contributed by atoms with E-state index in [1.54, 1.807) is 0 Å². The summed E-state index contributed by atoms with van der Waals surface area (Å²) in [6.07, 6.45) is -0.606. The number of aliphatic hydroxyl groups excluding tert-OH is 2. The van der Waals surface area contributed by atoms with E-state index in [9.17, 15) is 23.5 Å². The highest BCUT2D eigenvalue weighted by Gasteiger charge is 2.65. The number of carbonyl (C=O) groups is 2. The molecular formula is C29H28Cl3F2N3O4. The molecule has 41 heavy (non-hydrogen) atoms. The molecule has 0 radical (unpaired) electrons. The zero-order valence-electron chi connectivity index (χ0n) is 21.5. The van der Waals surface area contributed by atoms with Crippen LogP contribution in [-0.4, -0.2) is 53.4 Å². The summed E-state index contributed by atoms with van der Waals surface area (Å²) in [7, 11) is 0. The summed E-state index contributed by atoms with van der Waals surface area (Å²) >= 11 is 12.2. The molecule has 0 aromatic heterocycles. The van der Waals surface area contributed by atoms with E-state index in [2.05, 4.69) is 16.0 Å². The minimum atomic E-state index is -1.51. The van der Waals surface area contributed by atoms with Crippen LogP contribution >= 0.6 is 35.6 Å². The summed E-state index contributed by atoms with van der Waals surface area (Å²) in [5.74, 6) is -3.28. The van der Waals surface area contributed by atoms with E-state index in [0.29, 0.717) is 23.2 Å². The molecule has 1 fully saturated rings. The molecule has 1 saturated heterocycles. The molecule has 0 aliphatic carbocycles. The maximum atomic E-state index is 15.0. The van der Waals surface area contributed by atoms with Crippen LogP contribution in [0.4, 0.5) is 14.5 Å². The van der Waals surface area contributed by atoms with Crippen LogP contribution < -0.4 is 16.0 Å². The zero-order valence-corrected chi connectivity index (χ0v) is 23.9. The molecule has 3 aromatic rings. The monoisotopic (exact) mass is 625 g/mol. The summed E-state index contributed by atoms with van der Waals surface area (Å²) in [6, 6.07) is 14.2. The summed E-state index contributed by atoms with van der Waals surface area (Å²) < 4.78 is 29.2. The molecule has 7 nitrogen and oxygen atoms in total. The average Bonchev–Trinajstić information content (AvgIpc) is 3.41. The minimum absolute atomic E-state index is 0. The molecule has 2 heterocycles. The molecule has 218 valence electrons. The van der Waals surface area contributed by atoms with Crippen LogP contribution in [0.25, 0.3) is 0 Å². The number of hydrogen-bond donors (Lipinski definition) is 5. The number of fused-ring (bicyclic) bond motifs is 2. The quantitative estimate of drug-likeness (QED) is 0.259. The summed E-state index contributed by atoms with van der Waals surface area (Å²) in [4.78, 5) is 27.8. The fraction of sp³-hybridized carbons (Fsp3) is 0.310. The van der Waals surface area contributed by atoms with Gasteiger partial charge in [0.2, 0.25) is 11.8 Å². The van der Waals surface area contributed by atoms with Gasteiger partial charge in [-0.25, -0.2) is 8.78 Å². The Hall–Kier alpha value is -2.79. The first kappa shape index (κ1) is 31.2. The van der Waals surface area contributed by atoms with Gasteiger partial charge in [0.25, 0.3) is 0 Å². The van der Waals surface area contributed by atoms with Gasteiger partial charge in [0.05, 0.1) is 28.8 Å². The van der Waals surface area contributed by atoms with Crippen LogP contribution in [-0.2, 0) is 21.4 Å². The summed E-state index contributed by atoms with van der Waals surface area (Å²) in [5, 5.41) is 27.4. The third kappa shape index (κ3) is 5.67. The zero-order chi connectivity index (χ0) is 28.6. The maximum Gasteiger partial charge on any atom is 0.237 e. The van der Waals surface area contributed by atoms with Crippen LogP contribution in [0.1, 0.15) is 29.0 Å². The predicted octanol–water partition coefficient (Wildman–Crippen LogP) is 4.11. The van der Waals surface area contributed by atoms with Crippen molar-refractivity contribution in [1.82, 2.24) is 10.6 Å². The Kier molecular flexibility index (Phi) is 9.58. The number of hydrogen-bond acceptors (Lipinski definition) is 5. The smallest absolute Gasteiger partial charge is 0.237 e. The second-order valence-corrected chi connectivity index (χ2v) is 10.9. The molecule has 1 spiro atoms. The first-order valence-electron chi connectivity index (χ1n) is 12.8. The first-order chi connectivity index (χ1) is 19.2. The van der Waals surface area contributed by atoms with Crippen molar-refractivity contribution in [2.75, 3.05) is 18.5 Å². The Morgan fingerprint density at radius 1 is 1.05 bits per heavy atom. The Morgan fingerprint density at radius 3 is 2.44 bits per heavy atom. The SMILES string of the molecule is Cl.O=C(NCC[C@H](O)CO)[C@@H]1N[C@H](Cc2ccccc2)[C@]2(C(=O)Nc3cc(Cl)c(F)cc32)[C@H]1c1ccc(F)c(Cl)c1.